The maximum atomic E-state index is 13.2. The minimum absolute atomic E-state index is 0.00167. The Morgan fingerprint density at radius 3 is 1.30 bits per heavy atom. The number of carbonyl (C=O) groups is 2. The van der Waals surface area contributed by atoms with Crippen LogP contribution >= 0.6 is 0 Å². The van der Waals surface area contributed by atoms with Crippen molar-refractivity contribution in [1.82, 2.24) is 5.32 Å². The molecular formula is C58H105NO5. The van der Waals surface area contributed by atoms with Crippen LogP contribution in [0.2, 0.25) is 0 Å². The molecule has 0 fully saturated rings. The molecule has 372 valence electrons. The van der Waals surface area contributed by atoms with Crippen LogP contribution in [0, 0.1) is 0 Å². The molecule has 64 heavy (non-hydrogen) atoms. The molecule has 0 rings (SSSR count). The van der Waals surface area contributed by atoms with E-state index in [2.05, 4.69) is 80.8 Å². The van der Waals surface area contributed by atoms with Crippen molar-refractivity contribution in [1.29, 1.82) is 0 Å². The normalized spacial score (nSPS) is 13.6. The highest BCUT2D eigenvalue weighted by Gasteiger charge is 2.23. The number of hydrogen-bond donors (Lipinski definition) is 3. The largest absolute Gasteiger partial charge is 0.461 e. The van der Waals surface area contributed by atoms with Crippen molar-refractivity contribution in [2.75, 3.05) is 6.61 Å². The zero-order valence-electron chi connectivity index (χ0n) is 42.4. The zero-order valence-corrected chi connectivity index (χ0v) is 42.4. The first-order valence-electron chi connectivity index (χ1n) is 27.5. The van der Waals surface area contributed by atoms with Crippen molar-refractivity contribution in [3.8, 4) is 0 Å². The summed E-state index contributed by atoms with van der Waals surface area (Å²) in [7, 11) is 0. The summed E-state index contributed by atoms with van der Waals surface area (Å²) in [5.41, 5.74) is 0. The molecule has 0 spiro atoms. The van der Waals surface area contributed by atoms with Crippen molar-refractivity contribution in [3.63, 3.8) is 0 Å². The van der Waals surface area contributed by atoms with E-state index < -0.39 is 18.2 Å². The fourth-order valence-corrected chi connectivity index (χ4v) is 8.11. The molecule has 1 amide bonds. The highest BCUT2D eigenvalue weighted by molar-refractivity contribution is 5.77. The summed E-state index contributed by atoms with van der Waals surface area (Å²) < 4.78 is 5.88. The van der Waals surface area contributed by atoms with Crippen LogP contribution in [0.5, 0.6) is 0 Å². The summed E-state index contributed by atoms with van der Waals surface area (Å²) in [5, 5.41) is 23.8. The zero-order chi connectivity index (χ0) is 46.7. The van der Waals surface area contributed by atoms with Crippen molar-refractivity contribution in [3.05, 3.63) is 60.8 Å². The van der Waals surface area contributed by atoms with E-state index >= 15 is 0 Å². The van der Waals surface area contributed by atoms with Crippen LogP contribution in [0.25, 0.3) is 0 Å². The van der Waals surface area contributed by atoms with Crippen molar-refractivity contribution >= 4 is 11.9 Å². The van der Waals surface area contributed by atoms with Gasteiger partial charge in [-0.2, -0.15) is 0 Å². The van der Waals surface area contributed by atoms with Gasteiger partial charge in [0.05, 0.1) is 25.2 Å². The highest BCUT2D eigenvalue weighted by Crippen LogP contribution is 2.16. The predicted octanol–water partition coefficient (Wildman–Crippen LogP) is 16.8. The number of aliphatic hydroxyl groups excluding tert-OH is 2. The van der Waals surface area contributed by atoms with E-state index in [-0.39, 0.29) is 24.9 Å². The third-order valence-electron chi connectivity index (χ3n) is 12.3. The molecule has 0 radical (unpaired) electrons. The number of aliphatic hydroxyl groups is 2. The lowest BCUT2D eigenvalue weighted by Gasteiger charge is -2.24. The number of esters is 1. The van der Waals surface area contributed by atoms with E-state index in [4.69, 9.17) is 4.74 Å². The molecule has 3 N–H and O–H groups in total. The average Bonchev–Trinajstić information content (AvgIpc) is 3.29. The first kappa shape index (κ1) is 61.6. The number of rotatable bonds is 49. The summed E-state index contributed by atoms with van der Waals surface area (Å²) in [6, 6.07) is -0.733. The Labute approximate surface area is 397 Å². The standard InChI is InChI=1S/C58H105NO5/c1-4-7-10-13-16-19-22-25-28-30-33-36-39-42-45-48-51-58(63)64-54(49-46-43-40-37-34-31-29-26-23-20-17-14-11-8-5-2)52-57(62)59-55(53-60)56(61)50-47-44-41-38-35-32-27-24-21-18-15-12-9-6-3/h17,20,26,28-30,34,37,43,46,54-56,60-61H,4-16,18-19,21-25,27,31-33,35-36,38-42,44-45,47-53H2,1-3H3,(H,59,62)/b20-17-,29-26-,30-28+,37-34-,46-43-. The summed E-state index contributed by atoms with van der Waals surface area (Å²) in [6.07, 6.45) is 64.4. The number of nitrogens with one attached hydrogen (secondary N) is 1. The first-order valence-corrected chi connectivity index (χ1v) is 27.5. The van der Waals surface area contributed by atoms with Crippen LogP contribution in [-0.2, 0) is 14.3 Å². The first-order chi connectivity index (χ1) is 31.5. The molecule has 3 atom stereocenters. The van der Waals surface area contributed by atoms with E-state index in [9.17, 15) is 19.8 Å². The molecule has 0 aromatic heterocycles. The fourth-order valence-electron chi connectivity index (χ4n) is 8.11. The highest BCUT2D eigenvalue weighted by atomic mass is 16.5. The van der Waals surface area contributed by atoms with Crippen molar-refractivity contribution < 1.29 is 24.5 Å². The van der Waals surface area contributed by atoms with Crippen LogP contribution in [0.1, 0.15) is 271 Å². The molecule has 0 aromatic carbocycles. The van der Waals surface area contributed by atoms with E-state index in [0.717, 1.165) is 64.2 Å². The molecule has 3 unspecified atom stereocenters. The maximum absolute atomic E-state index is 13.2. The Bertz CT molecular complexity index is 1140. The topological polar surface area (TPSA) is 95.9 Å². The van der Waals surface area contributed by atoms with Crippen LogP contribution < -0.4 is 5.32 Å². The quantitative estimate of drug-likeness (QED) is 0.0321. The Balaban J connectivity index is 4.69. The molecular weight excluding hydrogens is 791 g/mol. The SMILES string of the molecule is CCCCC/C=C\C/C=C\C/C=C\C/C=C\CC(CC(=O)NC(CO)C(O)CCCCCCCCCCCCCCCC)OC(=O)CCCCCCC/C=C/CCCCCCCCC. The second-order valence-corrected chi connectivity index (χ2v) is 18.6. The number of ether oxygens (including phenoxy) is 1. The second kappa shape index (κ2) is 51.5. The van der Waals surface area contributed by atoms with Crippen molar-refractivity contribution in [2.24, 2.45) is 0 Å². The molecule has 0 aliphatic carbocycles. The van der Waals surface area contributed by atoms with E-state index in [1.54, 1.807) is 0 Å². The van der Waals surface area contributed by atoms with Gasteiger partial charge in [-0.15, -0.1) is 0 Å². The molecule has 0 bridgehead atoms. The number of unbranched alkanes of at least 4 members (excludes halogenated alkanes) is 28. The minimum Gasteiger partial charge on any atom is -0.461 e. The Morgan fingerprint density at radius 2 is 0.828 bits per heavy atom. The lowest BCUT2D eigenvalue weighted by Crippen LogP contribution is -2.46. The van der Waals surface area contributed by atoms with Crippen LogP contribution in [-0.4, -0.2) is 46.9 Å². The maximum Gasteiger partial charge on any atom is 0.306 e. The van der Waals surface area contributed by atoms with Gasteiger partial charge in [0.1, 0.15) is 6.10 Å². The molecule has 0 heterocycles. The average molecular weight is 896 g/mol. The summed E-state index contributed by atoms with van der Waals surface area (Å²) in [4.78, 5) is 26.2. The third kappa shape index (κ3) is 46.1. The molecule has 0 aromatic rings. The van der Waals surface area contributed by atoms with Gasteiger partial charge in [-0.25, -0.2) is 0 Å². The molecule has 0 saturated carbocycles. The lowest BCUT2D eigenvalue weighted by atomic mass is 10.0. The summed E-state index contributed by atoms with van der Waals surface area (Å²) in [6.45, 7) is 6.44. The van der Waals surface area contributed by atoms with Crippen LogP contribution in [0.15, 0.2) is 60.8 Å². The predicted molar refractivity (Wildman–Crippen MR) is 278 cm³/mol. The number of carbonyl (C=O) groups excluding carboxylic acids is 2. The van der Waals surface area contributed by atoms with Gasteiger partial charge < -0.3 is 20.3 Å². The Morgan fingerprint density at radius 1 is 0.469 bits per heavy atom. The minimum atomic E-state index is -0.813. The number of allylic oxidation sites excluding steroid dienone is 9. The van der Waals surface area contributed by atoms with Gasteiger partial charge in [0.25, 0.3) is 0 Å². The van der Waals surface area contributed by atoms with Gasteiger partial charge in [-0.1, -0.05) is 242 Å². The van der Waals surface area contributed by atoms with Gasteiger partial charge in [0.2, 0.25) is 5.91 Å². The van der Waals surface area contributed by atoms with E-state index in [1.165, 1.54) is 161 Å². The summed E-state index contributed by atoms with van der Waals surface area (Å²) in [5.74, 6) is -0.581. The number of amides is 1. The van der Waals surface area contributed by atoms with Gasteiger partial charge in [0, 0.05) is 12.8 Å². The lowest BCUT2D eigenvalue weighted by molar-refractivity contribution is -0.150. The van der Waals surface area contributed by atoms with Gasteiger partial charge >= 0.3 is 5.97 Å². The summed E-state index contributed by atoms with van der Waals surface area (Å²) >= 11 is 0. The van der Waals surface area contributed by atoms with Gasteiger partial charge in [0.15, 0.2) is 0 Å². The smallest absolute Gasteiger partial charge is 0.306 e. The van der Waals surface area contributed by atoms with E-state index in [0.29, 0.717) is 19.3 Å². The second-order valence-electron chi connectivity index (χ2n) is 18.6. The molecule has 0 saturated heterocycles. The van der Waals surface area contributed by atoms with Crippen molar-refractivity contribution in [2.45, 2.75) is 289 Å². The number of hydrogen-bond acceptors (Lipinski definition) is 5. The van der Waals surface area contributed by atoms with Crippen LogP contribution in [0.3, 0.4) is 0 Å². The van der Waals surface area contributed by atoms with Gasteiger partial charge in [-0.05, 0) is 70.6 Å². The molecule has 0 aliphatic rings. The van der Waals surface area contributed by atoms with Gasteiger partial charge in [-0.3, -0.25) is 9.59 Å². The van der Waals surface area contributed by atoms with E-state index in [1.807, 2.05) is 6.08 Å². The molecule has 6 nitrogen and oxygen atoms in total. The Kier molecular flexibility index (Phi) is 49.6. The van der Waals surface area contributed by atoms with Crippen LogP contribution in [0.4, 0.5) is 0 Å². The fraction of sp³-hybridized carbons (Fsp3) is 0.793. The third-order valence-corrected chi connectivity index (χ3v) is 12.3. The molecule has 6 heteroatoms. The Hall–Kier alpha value is -2.44. The monoisotopic (exact) mass is 896 g/mol. The molecule has 0 aliphatic heterocycles.